The molecule has 0 spiro atoms. The number of aromatic nitrogens is 2. The zero-order chi connectivity index (χ0) is 20.5. The minimum absolute atomic E-state index is 0.0515. The number of hydrogen-bond acceptors (Lipinski definition) is 6. The van der Waals surface area contributed by atoms with Gasteiger partial charge in [0.1, 0.15) is 5.75 Å². The molecule has 4 N–H and O–H groups in total. The van der Waals surface area contributed by atoms with Crippen LogP contribution in [0.1, 0.15) is 18.5 Å². The van der Waals surface area contributed by atoms with Crippen LogP contribution >= 0.6 is 0 Å². The van der Waals surface area contributed by atoms with Gasteiger partial charge in [-0.3, -0.25) is 14.6 Å². The van der Waals surface area contributed by atoms with Crippen LogP contribution in [0.15, 0.2) is 38.8 Å². The lowest BCUT2D eigenvalue weighted by molar-refractivity contribution is -0.120. The fourth-order valence-corrected chi connectivity index (χ4v) is 4.92. The summed E-state index contributed by atoms with van der Waals surface area (Å²) in [4.78, 5) is 39.6. The van der Waals surface area contributed by atoms with E-state index in [0.717, 1.165) is 4.31 Å². The molecule has 1 aromatic carbocycles. The van der Waals surface area contributed by atoms with E-state index in [9.17, 15) is 27.9 Å². The summed E-state index contributed by atoms with van der Waals surface area (Å²) in [5.41, 5.74) is -1.34. The molecule has 11 heteroatoms. The van der Waals surface area contributed by atoms with Crippen LogP contribution in [0.25, 0.3) is 0 Å². The molecule has 0 aliphatic carbocycles. The van der Waals surface area contributed by atoms with Crippen molar-refractivity contribution in [3.05, 3.63) is 50.8 Å². The van der Waals surface area contributed by atoms with Gasteiger partial charge in [0.15, 0.2) is 4.90 Å². The molecule has 1 amide bonds. The molecule has 1 aliphatic rings. The van der Waals surface area contributed by atoms with E-state index in [1.54, 1.807) is 0 Å². The Kier molecular flexibility index (Phi) is 5.38. The van der Waals surface area contributed by atoms with Crippen molar-refractivity contribution in [3.8, 4) is 5.75 Å². The van der Waals surface area contributed by atoms with Crippen molar-refractivity contribution < 1.29 is 18.3 Å². The molecule has 0 radical (unpaired) electrons. The number of phenols is 1. The molecule has 150 valence electrons. The number of rotatable bonds is 4. The van der Waals surface area contributed by atoms with Crippen LogP contribution in [0.2, 0.25) is 0 Å². The highest BCUT2D eigenvalue weighted by molar-refractivity contribution is 7.89. The second-order valence-electron chi connectivity index (χ2n) is 6.60. The Morgan fingerprint density at radius 2 is 1.89 bits per heavy atom. The highest BCUT2D eigenvalue weighted by atomic mass is 32.2. The van der Waals surface area contributed by atoms with Crippen LogP contribution in [0.5, 0.6) is 5.75 Å². The summed E-state index contributed by atoms with van der Waals surface area (Å²) in [6, 6.07) is 5.93. The number of carbonyl (C=O) groups is 1. The lowest BCUT2D eigenvalue weighted by Crippen LogP contribution is -2.45. The summed E-state index contributed by atoms with van der Waals surface area (Å²) in [5, 5.41) is 12.0. The number of nitrogens with zero attached hydrogens (tertiary/aromatic N) is 1. The molecule has 1 aliphatic heterocycles. The standard InChI is InChI=1S/C17H20N4O6S/c1-10-14(16(24)20-17(25)18-10)28(26,27)21-8-2-3-11(9-21)15(23)19-12-4-6-13(22)7-5-12/h4-7,11,22H,2-3,8-9H2,1H3,(H,19,23)(H2,18,20,24,25)/t11-/m1/s1. The molecule has 28 heavy (non-hydrogen) atoms. The Labute approximate surface area is 160 Å². The number of H-pyrrole nitrogens is 2. The smallest absolute Gasteiger partial charge is 0.325 e. The van der Waals surface area contributed by atoms with Crippen molar-refractivity contribution in [1.29, 1.82) is 0 Å². The van der Waals surface area contributed by atoms with E-state index in [1.807, 2.05) is 4.98 Å². The number of amides is 1. The number of aromatic amines is 2. The second-order valence-corrected chi connectivity index (χ2v) is 8.48. The lowest BCUT2D eigenvalue weighted by Gasteiger charge is -2.31. The Balaban J connectivity index is 1.81. The fourth-order valence-electron chi connectivity index (χ4n) is 3.19. The molecule has 1 saturated heterocycles. The van der Waals surface area contributed by atoms with Crippen molar-refractivity contribution in [2.75, 3.05) is 18.4 Å². The number of aryl methyl sites for hydroxylation is 1. The first-order chi connectivity index (χ1) is 13.2. The Hall–Kier alpha value is -2.92. The first-order valence-corrected chi connectivity index (χ1v) is 10.1. The van der Waals surface area contributed by atoms with Gasteiger partial charge in [-0.2, -0.15) is 4.31 Å². The quantitative estimate of drug-likeness (QED) is 0.527. The van der Waals surface area contributed by atoms with Crippen LogP contribution in [-0.4, -0.2) is 46.8 Å². The molecule has 0 saturated carbocycles. The topological polar surface area (TPSA) is 152 Å². The average Bonchev–Trinajstić information content (AvgIpc) is 2.62. The lowest BCUT2D eigenvalue weighted by atomic mass is 9.99. The van der Waals surface area contributed by atoms with E-state index in [-0.39, 0.29) is 30.4 Å². The van der Waals surface area contributed by atoms with Gasteiger partial charge in [-0.15, -0.1) is 0 Å². The van der Waals surface area contributed by atoms with Gasteiger partial charge in [-0.25, -0.2) is 13.2 Å². The zero-order valence-corrected chi connectivity index (χ0v) is 15.9. The Morgan fingerprint density at radius 1 is 1.21 bits per heavy atom. The second kappa shape index (κ2) is 7.60. The number of anilines is 1. The maximum absolute atomic E-state index is 12.9. The monoisotopic (exact) mass is 408 g/mol. The molecule has 2 heterocycles. The van der Waals surface area contributed by atoms with Crippen molar-refractivity contribution in [2.24, 2.45) is 5.92 Å². The van der Waals surface area contributed by atoms with Gasteiger partial charge in [0.05, 0.1) is 5.92 Å². The van der Waals surface area contributed by atoms with Gasteiger partial charge < -0.3 is 15.4 Å². The van der Waals surface area contributed by atoms with Gasteiger partial charge in [0, 0.05) is 24.5 Å². The predicted molar refractivity (Wildman–Crippen MR) is 101 cm³/mol. The molecule has 10 nitrogen and oxygen atoms in total. The van der Waals surface area contributed by atoms with Crippen molar-refractivity contribution in [3.63, 3.8) is 0 Å². The number of phenolic OH excluding ortho intramolecular Hbond substituents is 1. The van der Waals surface area contributed by atoms with Crippen LogP contribution in [-0.2, 0) is 14.8 Å². The largest absolute Gasteiger partial charge is 0.508 e. The minimum Gasteiger partial charge on any atom is -0.508 e. The van der Waals surface area contributed by atoms with Crippen LogP contribution in [0.4, 0.5) is 5.69 Å². The highest BCUT2D eigenvalue weighted by Crippen LogP contribution is 2.24. The molecule has 3 rings (SSSR count). The Morgan fingerprint density at radius 3 is 2.54 bits per heavy atom. The van der Waals surface area contributed by atoms with E-state index >= 15 is 0 Å². The number of hydrogen-bond donors (Lipinski definition) is 4. The van der Waals surface area contributed by atoms with E-state index in [2.05, 4.69) is 10.3 Å². The third kappa shape index (κ3) is 3.99. The van der Waals surface area contributed by atoms with Gasteiger partial charge in [-0.05, 0) is 44.0 Å². The van der Waals surface area contributed by atoms with Crippen molar-refractivity contribution in [2.45, 2.75) is 24.7 Å². The van der Waals surface area contributed by atoms with Gasteiger partial charge in [0.2, 0.25) is 15.9 Å². The number of carbonyl (C=O) groups excluding carboxylic acids is 1. The first kappa shape index (κ1) is 19.8. The van der Waals surface area contributed by atoms with E-state index in [0.29, 0.717) is 18.5 Å². The summed E-state index contributed by atoms with van der Waals surface area (Å²) >= 11 is 0. The van der Waals surface area contributed by atoms with Gasteiger partial charge in [-0.1, -0.05) is 0 Å². The summed E-state index contributed by atoms with van der Waals surface area (Å²) in [6.45, 7) is 1.43. The maximum atomic E-state index is 12.9. The molecule has 0 bridgehead atoms. The molecule has 1 aromatic heterocycles. The minimum atomic E-state index is -4.18. The van der Waals surface area contributed by atoms with E-state index in [4.69, 9.17) is 0 Å². The van der Waals surface area contributed by atoms with E-state index < -0.39 is 32.1 Å². The number of sulfonamides is 1. The van der Waals surface area contributed by atoms with Crippen LogP contribution < -0.4 is 16.6 Å². The zero-order valence-electron chi connectivity index (χ0n) is 15.1. The van der Waals surface area contributed by atoms with Crippen LogP contribution in [0.3, 0.4) is 0 Å². The van der Waals surface area contributed by atoms with Crippen molar-refractivity contribution in [1.82, 2.24) is 14.3 Å². The van der Waals surface area contributed by atoms with Crippen LogP contribution in [0, 0.1) is 12.8 Å². The normalized spacial score (nSPS) is 18.0. The van der Waals surface area contributed by atoms with E-state index in [1.165, 1.54) is 31.2 Å². The predicted octanol–water partition coefficient (Wildman–Crippen LogP) is 0.117. The molecule has 2 aromatic rings. The molecule has 1 atom stereocenters. The fraction of sp³-hybridized carbons (Fsp3) is 0.353. The molecule has 0 unspecified atom stereocenters. The average molecular weight is 408 g/mol. The third-order valence-corrected chi connectivity index (χ3v) is 6.58. The molecular formula is C17H20N4O6S. The summed E-state index contributed by atoms with van der Waals surface area (Å²) in [7, 11) is -4.18. The maximum Gasteiger partial charge on any atom is 0.325 e. The highest BCUT2D eigenvalue weighted by Gasteiger charge is 2.35. The Bertz CT molecular complexity index is 1100. The van der Waals surface area contributed by atoms with Gasteiger partial charge in [0.25, 0.3) is 5.56 Å². The van der Waals surface area contributed by atoms with Crippen molar-refractivity contribution >= 4 is 21.6 Å². The summed E-state index contributed by atoms with van der Waals surface area (Å²) in [6.07, 6.45) is 0.949. The molecular weight excluding hydrogens is 388 g/mol. The third-order valence-electron chi connectivity index (χ3n) is 4.56. The number of benzene rings is 1. The number of aromatic hydroxyl groups is 1. The first-order valence-electron chi connectivity index (χ1n) is 8.62. The molecule has 1 fully saturated rings. The summed E-state index contributed by atoms with van der Waals surface area (Å²) in [5.74, 6) is -0.883. The number of piperidine rings is 1. The van der Waals surface area contributed by atoms with Gasteiger partial charge >= 0.3 is 5.69 Å². The number of nitrogens with one attached hydrogen (secondary N) is 3. The summed E-state index contributed by atoms with van der Waals surface area (Å²) < 4.78 is 26.9. The SMILES string of the molecule is Cc1[nH]c(=O)[nH]c(=O)c1S(=O)(=O)N1CCC[C@@H](C(=O)Nc2ccc(O)cc2)C1.